The van der Waals surface area contributed by atoms with Crippen LogP contribution in [-0.2, 0) is 0 Å². The lowest BCUT2D eigenvalue weighted by atomic mass is 10.2. The van der Waals surface area contributed by atoms with E-state index in [9.17, 15) is 9.90 Å². The number of amides is 1. The number of rotatable bonds is 4. The maximum Gasteiger partial charge on any atom is 0.272 e. The third-order valence-electron chi connectivity index (χ3n) is 2.15. The van der Waals surface area contributed by atoms with Crippen molar-refractivity contribution >= 4 is 23.1 Å². The molecular formula is C11H15N3O2S. The molecule has 1 rings (SSSR count). The molecule has 1 amide bonds. The van der Waals surface area contributed by atoms with E-state index in [4.69, 9.17) is 18.0 Å². The van der Waals surface area contributed by atoms with Crippen LogP contribution in [-0.4, -0.2) is 45.6 Å². The van der Waals surface area contributed by atoms with Crippen molar-refractivity contribution in [3.05, 3.63) is 29.6 Å². The third kappa shape index (κ3) is 3.76. The molecule has 0 bridgehead atoms. The van der Waals surface area contributed by atoms with Gasteiger partial charge in [0, 0.05) is 25.4 Å². The Hall–Kier alpha value is -1.53. The number of carbonyl (C=O) groups excluding carboxylic acids is 1. The van der Waals surface area contributed by atoms with Crippen LogP contribution in [0.1, 0.15) is 23.0 Å². The average Bonchev–Trinajstić information content (AvgIpc) is 2.27. The lowest BCUT2D eigenvalue weighted by molar-refractivity contribution is 0.0698. The molecule has 0 saturated carbocycles. The van der Waals surface area contributed by atoms with E-state index in [1.165, 1.54) is 11.1 Å². The second-order valence-corrected chi connectivity index (χ2v) is 4.27. The van der Waals surface area contributed by atoms with Crippen LogP contribution in [0.2, 0.25) is 0 Å². The van der Waals surface area contributed by atoms with E-state index in [-0.39, 0.29) is 17.4 Å². The molecule has 92 valence electrons. The maximum absolute atomic E-state index is 11.8. The van der Waals surface area contributed by atoms with Gasteiger partial charge in [-0.2, -0.15) is 0 Å². The molecule has 1 aromatic rings. The Labute approximate surface area is 105 Å². The quantitative estimate of drug-likeness (QED) is 0.748. The highest BCUT2D eigenvalue weighted by atomic mass is 32.1. The van der Waals surface area contributed by atoms with E-state index >= 15 is 0 Å². The van der Waals surface area contributed by atoms with Gasteiger partial charge >= 0.3 is 0 Å². The molecule has 5 nitrogen and oxygen atoms in total. The van der Waals surface area contributed by atoms with Gasteiger partial charge in [-0.3, -0.25) is 9.78 Å². The standard InChI is InChI=1S/C11H15N3O2S/c1-7(15)6-14(2)11(16)9-4-3-8(5-13-9)10(12)17/h3-5,7,15H,6H2,1-2H3,(H2,12,17). The average molecular weight is 253 g/mol. The lowest BCUT2D eigenvalue weighted by Crippen LogP contribution is -2.33. The van der Waals surface area contributed by atoms with E-state index in [2.05, 4.69) is 4.98 Å². The minimum Gasteiger partial charge on any atom is -0.392 e. The molecule has 0 saturated heterocycles. The zero-order valence-electron chi connectivity index (χ0n) is 9.75. The highest BCUT2D eigenvalue weighted by Gasteiger charge is 2.14. The van der Waals surface area contributed by atoms with Crippen LogP contribution in [0.3, 0.4) is 0 Å². The van der Waals surface area contributed by atoms with Crippen molar-refractivity contribution in [3.8, 4) is 0 Å². The van der Waals surface area contributed by atoms with E-state index < -0.39 is 6.10 Å². The molecule has 0 aliphatic carbocycles. The summed E-state index contributed by atoms with van der Waals surface area (Å²) >= 11 is 4.79. The van der Waals surface area contributed by atoms with E-state index in [1.54, 1.807) is 26.1 Å². The van der Waals surface area contributed by atoms with Crippen LogP contribution in [0.15, 0.2) is 18.3 Å². The molecule has 0 fully saturated rings. The topological polar surface area (TPSA) is 79.5 Å². The van der Waals surface area contributed by atoms with Crippen molar-refractivity contribution in [3.63, 3.8) is 0 Å². The number of aliphatic hydroxyl groups is 1. The molecule has 17 heavy (non-hydrogen) atoms. The molecule has 3 N–H and O–H groups in total. The zero-order valence-corrected chi connectivity index (χ0v) is 10.6. The number of nitrogens with two attached hydrogens (primary N) is 1. The fourth-order valence-electron chi connectivity index (χ4n) is 1.34. The van der Waals surface area contributed by atoms with Crippen molar-refractivity contribution in [2.45, 2.75) is 13.0 Å². The van der Waals surface area contributed by atoms with Crippen molar-refractivity contribution in [1.29, 1.82) is 0 Å². The van der Waals surface area contributed by atoms with Crippen LogP contribution in [0.25, 0.3) is 0 Å². The van der Waals surface area contributed by atoms with E-state index in [0.29, 0.717) is 11.3 Å². The lowest BCUT2D eigenvalue weighted by Gasteiger charge is -2.18. The number of nitrogens with zero attached hydrogens (tertiary/aromatic N) is 2. The molecule has 0 aromatic carbocycles. The van der Waals surface area contributed by atoms with E-state index in [1.807, 2.05) is 0 Å². The summed E-state index contributed by atoms with van der Waals surface area (Å²) in [6, 6.07) is 3.22. The zero-order chi connectivity index (χ0) is 13.0. The minimum atomic E-state index is -0.570. The molecule has 6 heteroatoms. The number of likely N-dealkylation sites (N-methyl/N-ethyl adjacent to an activating group) is 1. The van der Waals surface area contributed by atoms with E-state index in [0.717, 1.165) is 0 Å². The van der Waals surface area contributed by atoms with Gasteiger partial charge in [0.25, 0.3) is 5.91 Å². The van der Waals surface area contributed by atoms with Crippen LogP contribution in [0.5, 0.6) is 0 Å². The highest BCUT2D eigenvalue weighted by molar-refractivity contribution is 7.80. The van der Waals surface area contributed by atoms with Crippen LogP contribution in [0.4, 0.5) is 0 Å². The fourth-order valence-corrected chi connectivity index (χ4v) is 1.46. The van der Waals surface area contributed by atoms with Gasteiger partial charge in [0.15, 0.2) is 0 Å². The van der Waals surface area contributed by atoms with Gasteiger partial charge in [0.1, 0.15) is 10.7 Å². The largest absolute Gasteiger partial charge is 0.392 e. The van der Waals surface area contributed by atoms with Gasteiger partial charge < -0.3 is 15.7 Å². The first kappa shape index (κ1) is 13.5. The molecule has 1 unspecified atom stereocenters. The summed E-state index contributed by atoms with van der Waals surface area (Å²) in [6.45, 7) is 1.88. The van der Waals surface area contributed by atoms with Gasteiger partial charge in [0.05, 0.1) is 6.10 Å². The van der Waals surface area contributed by atoms with Crippen molar-refractivity contribution in [2.24, 2.45) is 5.73 Å². The van der Waals surface area contributed by atoms with Gasteiger partial charge in [-0.05, 0) is 19.1 Å². The Balaban J connectivity index is 2.79. The third-order valence-corrected chi connectivity index (χ3v) is 2.39. The molecule has 1 heterocycles. The number of carbonyl (C=O) groups is 1. The normalized spacial score (nSPS) is 11.9. The highest BCUT2D eigenvalue weighted by Crippen LogP contribution is 2.04. The predicted octanol–water partition coefficient (Wildman–Crippen LogP) is 0.169. The summed E-state index contributed by atoms with van der Waals surface area (Å²) in [5.74, 6) is -0.250. The minimum absolute atomic E-state index is 0.244. The molecule has 0 radical (unpaired) electrons. The second-order valence-electron chi connectivity index (χ2n) is 3.83. The molecule has 1 atom stereocenters. The molecular weight excluding hydrogens is 238 g/mol. The number of aromatic nitrogens is 1. The summed E-state index contributed by atoms with van der Waals surface area (Å²) in [6.07, 6.45) is 0.894. The van der Waals surface area contributed by atoms with Gasteiger partial charge in [-0.15, -0.1) is 0 Å². The Morgan fingerprint density at radius 3 is 2.71 bits per heavy atom. The molecule has 0 aliphatic rings. The predicted molar refractivity (Wildman–Crippen MR) is 68.8 cm³/mol. The Morgan fingerprint density at radius 1 is 1.65 bits per heavy atom. The number of hydrogen-bond acceptors (Lipinski definition) is 4. The van der Waals surface area contributed by atoms with Gasteiger partial charge in [-0.25, -0.2) is 0 Å². The summed E-state index contributed by atoms with van der Waals surface area (Å²) < 4.78 is 0. The first-order chi connectivity index (χ1) is 7.91. The Kier molecular flexibility index (Phi) is 4.53. The number of aliphatic hydroxyl groups excluding tert-OH is 1. The second kappa shape index (κ2) is 5.70. The summed E-state index contributed by atoms with van der Waals surface area (Å²) in [5.41, 5.74) is 6.35. The SMILES string of the molecule is CC(O)CN(C)C(=O)c1ccc(C(N)=S)cn1. The monoisotopic (exact) mass is 253 g/mol. The van der Waals surface area contributed by atoms with Crippen molar-refractivity contribution in [1.82, 2.24) is 9.88 Å². The van der Waals surface area contributed by atoms with Crippen LogP contribution in [0, 0.1) is 0 Å². The van der Waals surface area contributed by atoms with Crippen LogP contribution >= 0.6 is 12.2 Å². The molecule has 0 spiro atoms. The smallest absolute Gasteiger partial charge is 0.272 e. The summed E-state index contributed by atoms with van der Waals surface area (Å²) in [7, 11) is 1.61. The first-order valence-electron chi connectivity index (χ1n) is 5.11. The van der Waals surface area contributed by atoms with Gasteiger partial charge in [0.2, 0.25) is 0 Å². The Bertz CT molecular complexity index is 417. The molecule has 1 aromatic heterocycles. The summed E-state index contributed by atoms with van der Waals surface area (Å²) in [5, 5.41) is 9.19. The fraction of sp³-hybridized carbons (Fsp3) is 0.364. The summed E-state index contributed by atoms with van der Waals surface area (Å²) in [4.78, 5) is 17.5. The van der Waals surface area contributed by atoms with Crippen molar-refractivity contribution in [2.75, 3.05) is 13.6 Å². The maximum atomic E-state index is 11.8. The van der Waals surface area contributed by atoms with Crippen LogP contribution < -0.4 is 5.73 Å². The number of hydrogen-bond donors (Lipinski definition) is 2. The molecule has 0 aliphatic heterocycles. The Morgan fingerprint density at radius 2 is 2.29 bits per heavy atom. The number of thiocarbonyl (C=S) groups is 1. The number of pyridine rings is 1. The van der Waals surface area contributed by atoms with Crippen molar-refractivity contribution < 1.29 is 9.90 Å². The first-order valence-corrected chi connectivity index (χ1v) is 5.52. The van der Waals surface area contributed by atoms with Gasteiger partial charge in [-0.1, -0.05) is 12.2 Å².